The van der Waals surface area contributed by atoms with Gasteiger partial charge in [-0.15, -0.1) is 0 Å². The van der Waals surface area contributed by atoms with Crippen LogP contribution in [-0.4, -0.2) is 28.0 Å². The molecule has 1 atom stereocenters. The Morgan fingerprint density at radius 2 is 2.23 bits per heavy atom. The van der Waals surface area contributed by atoms with Gasteiger partial charge in [0.2, 0.25) is 5.89 Å². The Hall–Kier alpha value is -2.87. The quantitative estimate of drug-likeness (QED) is 0.646. The van der Waals surface area contributed by atoms with Gasteiger partial charge in [-0.3, -0.25) is 4.79 Å². The Morgan fingerprint density at radius 1 is 1.42 bits per heavy atom. The first-order chi connectivity index (χ1) is 12.5. The van der Waals surface area contributed by atoms with E-state index in [9.17, 15) is 9.18 Å². The molecule has 0 aliphatic rings. The van der Waals surface area contributed by atoms with Crippen LogP contribution in [-0.2, 0) is 6.61 Å². The van der Waals surface area contributed by atoms with E-state index in [4.69, 9.17) is 25.3 Å². The van der Waals surface area contributed by atoms with Crippen molar-refractivity contribution in [2.45, 2.75) is 19.6 Å². The number of halogens is 2. The minimum Gasteiger partial charge on any atom is -0.482 e. The molecule has 0 spiro atoms. The third-order valence-corrected chi connectivity index (χ3v) is 4.10. The number of hydrogen-bond donors (Lipinski definition) is 0. The third-order valence-electron chi connectivity index (χ3n) is 3.80. The number of rotatable bonds is 6. The SMILES string of the molecule is C[C@H](c1ccon1)N(C)C(=O)c1coc(COc2ccc(F)cc2Cl)n1. The van der Waals surface area contributed by atoms with Crippen molar-refractivity contribution >= 4 is 17.5 Å². The largest absolute Gasteiger partial charge is 0.482 e. The average molecular weight is 380 g/mol. The van der Waals surface area contributed by atoms with E-state index in [-0.39, 0.29) is 40.9 Å². The van der Waals surface area contributed by atoms with Crippen LogP contribution >= 0.6 is 11.6 Å². The van der Waals surface area contributed by atoms with Crippen LogP contribution < -0.4 is 4.74 Å². The Balaban J connectivity index is 1.64. The second-order valence-electron chi connectivity index (χ2n) is 5.51. The molecule has 9 heteroatoms. The molecular weight excluding hydrogens is 365 g/mol. The molecule has 7 nitrogen and oxygen atoms in total. The summed E-state index contributed by atoms with van der Waals surface area (Å²) < 4.78 is 28.5. The van der Waals surface area contributed by atoms with Crippen LogP contribution in [0.15, 0.2) is 45.7 Å². The first kappa shape index (κ1) is 17.9. The fourth-order valence-electron chi connectivity index (χ4n) is 2.20. The minimum absolute atomic E-state index is 0.0544. The Morgan fingerprint density at radius 3 is 2.92 bits per heavy atom. The fraction of sp³-hybridized carbons (Fsp3) is 0.235. The molecule has 2 aromatic heterocycles. The van der Waals surface area contributed by atoms with Crippen molar-refractivity contribution in [2.24, 2.45) is 0 Å². The van der Waals surface area contributed by atoms with Crippen molar-refractivity contribution < 1.29 is 22.9 Å². The lowest BCUT2D eigenvalue weighted by Crippen LogP contribution is -2.30. The summed E-state index contributed by atoms with van der Waals surface area (Å²) in [6.45, 7) is 1.76. The summed E-state index contributed by atoms with van der Waals surface area (Å²) >= 11 is 5.89. The lowest BCUT2D eigenvalue weighted by atomic mass is 10.2. The van der Waals surface area contributed by atoms with Gasteiger partial charge in [0.05, 0.1) is 11.1 Å². The molecule has 0 saturated heterocycles. The van der Waals surface area contributed by atoms with E-state index in [1.54, 1.807) is 13.1 Å². The molecule has 2 heterocycles. The second kappa shape index (κ2) is 7.57. The summed E-state index contributed by atoms with van der Waals surface area (Å²) in [5.41, 5.74) is 0.755. The van der Waals surface area contributed by atoms with Crippen LogP contribution in [0, 0.1) is 5.82 Å². The van der Waals surface area contributed by atoms with Gasteiger partial charge in [-0.1, -0.05) is 16.8 Å². The van der Waals surface area contributed by atoms with E-state index >= 15 is 0 Å². The lowest BCUT2D eigenvalue weighted by Gasteiger charge is -2.21. The molecule has 1 aromatic carbocycles. The molecule has 0 aliphatic heterocycles. The molecule has 1 amide bonds. The number of oxazole rings is 1. The Bertz CT molecular complexity index is 897. The number of benzene rings is 1. The zero-order valence-electron chi connectivity index (χ0n) is 14.0. The highest BCUT2D eigenvalue weighted by Gasteiger charge is 2.23. The summed E-state index contributed by atoms with van der Waals surface area (Å²) in [7, 11) is 1.63. The van der Waals surface area contributed by atoms with Gasteiger partial charge in [0.15, 0.2) is 12.3 Å². The van der Waals surface area contributed by atoms with Crippen molar-refractivity contribution in [1.82, 2.24) is 15.0 Å². The molecular formula is C17H15ClFN3O4. The van der Waals surface area contributed by atoms with Crippen LogP contribution in [0.1, 0.15) is 35.0 Å². The maximum absolute atomic E-state index is 13.0. The molecule has 136 valence electrons. The Kier molecular flexibility index (Phi) is 5.22. The van der Waals surface area contributed by atoms with Crippen LogP contribution in [0.2, 0.25) is 5.02 Å². The number of carbonyl (C=O) groups is 1. The number of nitrogens with zero attached hydrogens (tertiary/aromatic N) is 3. The smallest absolute Gasteiger partial charge is 0.276 e. The monoisotopic (exact) mass is 379 g/mol. The van der Waals surface area contributed by atoms with E-state index in [1.807, 2.05) is 6.92 Å². The number of aromatic nitrogens is 2. The predicted octanol–water partition coefficient (Wildman–Crippen LogP) is 3.87. The van der Waals surface area contributed by atoms with Gasteiger partial charge in [-0.25, -0.2) is 9.37 Å². The summed E-state index contributed by atoms with van der Waals surface area (Å²) in [4.78, 5) is 18.1. The fourth-order valence-corrected chi connectivity index (χ4v) is 2.42. The number of ether oxygens (including phenoxy) is 1. The maximum atomic E-state index is 13.0. The highest BCUT2D eigenvalue weighted by atomic mass is 35.5. The molecule has 0 unspecified atom stereocenters. The second-order valence-corrected chi connectivity index (χ2v) is 5.91. The van der Waals surface area contributed by atoms with Gasteiger partial charge < -0.3 is 18.6 Å². The standard InChI is InChI=1S/C17H15ClFN3O4/c1-10(13-5-6-26-21-13)22(2)17(23)14-8-25-16(20-14)9-24-15-4-3-11(19)7-12(15)18/h3-8,10H,9H2,1-2H3/t10-/m1/s1. The average Bonchev–Trinajstić information content (AvgIpc) is 3.31. The Labute approximate surface area is 153 Å². The van der Waals surface area contributed by atoms with Crippen LogP contribution in [0.4, 0.5) is 4.39 Å². The summed E-state index contributed by atoms with van der Waals surface area (Å²) in [5, 5.41) is 3.96. The number of carbonyl (C=O) groups excluding carboxylic acids is 1. The molecule has 0 saturated carbocycles. The third kappa shape index (κ3) is 3.85. The first-order valence-corrected chi connectivity index (χ1v) is 8.03. The van der Waals surface area contributed by atoms with Gasteiger partial charge in [-0.2, -0.15) is 0 Å². The van der Waals surface area contributed by atoms with Crippen molar-refractivity contribution in [1.29, 1.82) is 0 Å². The van der Waals surface area contributed by atoms with Crippen molar-refractivity contribution in [3.05, 3.63) is 64.9 Å². The van der Waals surface area contributed by atoms with Crippen LogP contribution in [0.25, 0.3) is 0 Å². The molecule has 3 rings (SSSR count). The highest BCUT2D eigenvalue weighted by Crippen LogP contribution is 2.26. The maximum Gasteiger partial charge on any atom is 0.276 e. The summed E-state index contributed by atoms with van der Waals surface area (Å²) in [6, 6.07) is 5.16. The molecule has 0 fully saturated rings. The summed E-state index contributed by atoms with van der Waals surface area (Å²) in [6.07, 6.45) is 2.69. The van der Waals surface area contributed by atoms with E-state index in [0.29, 0.717) is 5.69 Å². The van der Waals surface area contributed by atoms with Crippen molar-refractivity contribution in [2.75, 3.05) is 7.05 Å². The number of amides is 1. The van der Waals surface area contributed by atoms with Gasteiger partial charge in [-0.05, 0) is 25.1 Å². The predicted molar refractivity (Wildman–Crippen MR) is 89.3 cm³/mol. The van der Waals surface area contributed by atoms with Gasteiger partial charge >= 0.3 is 0 Å². The topological polar surface area (TPSA) is 81.6 Å². The van der Waals surface area contributed by atoms with E-state index in [1.165, 1.54) is 29.6 Å². The molecule has 26 heavy (non-hydrogen) atoms. The van der Waals surface area contributed by atoms with Crippen molar-refractivity contribution in [3.63, 3.8) is 0 Å². The van der Waals surface area contributed by atoms with Crippen LogP contribution in [0.3, 0.4) is 0 Å². The van der Waals surface area contributed by atoms with Gasteiger partial charge in [0.25, 0.3) is 5.91 Å². The molecule has 0 N–H and O–H groups in total. The van der Waals surface area contributed by atoms with E-state index in [2.05, 4.69) is 10.1 Å². The van der Waals surface area contributed by atoms with Crippen LogP contribution in [0.5, 0.6) is 5.75 Å². The number of hydrogen-bond acceptors (Lipinski definition) is 6. The zero-order valence-corrected chi connectivity index (χ0v) is 14.7. The van der Waals surface area contributed by atoms with E-state index < -0.39 is 5.82 Å². The van der Waals surface area contributed by atoms with Crippen molar-refractivity contribution in [3.8, 4) is 5.75 Å². The first-order valence-electron chi connectivity index (χ1n) is 7.65. The molecule has 0 aliphatic carbocycles. The lowest BCUT2D eigenvalue weighted by molar-refractivity contribution is 0.0731. The highest BCUT2D eigenvalue weighted by molar-refractivity contribution is 6.32. The van der Waals surface area contributed by atoms with Gasteiger partial charge in [0.1, 0.15) is 29.8 Å². The normalized spacial score (nSPS) is 12.0. The molecule has 0 bridgehead atoms. The summed E-state index contributed by atoms with van der Waals surface area (Å²) in [5.74, 6) is -0.321. The minimum atomic E-state index is -0.462. The van der Waals surface area contributed by atoms with Gasteiger partial charge in [0, 0.05) is 13.1 Å². The van der Waals surface area contributed by atoms with E-state index in [0.717, 1.165) is 6.07 Å². The molecule has 0 radical (unpaired) electrons. The zero-order chi connectivity index (χ0) is 18.7. The molecule has 3 aromatic rings.